The molecule has 2 heterocycles. The Bertz CT molecular complexity index is 820. The van der Waals surface area contributed by atoms with Gasteiger partial charge in [0.1, 0.15) is 12.0 Å². The molecular weight excluding hydrogens is 349 g/mol. The summed E-state index contributed by atoms with van der Waals surface area (Å²) in [4.78, 5) is 7.54. The van der Waals surface area contributed by atoms with Crippen LogP contribution in [0.2, 0.25) is 0 Å². The van der Waals surface area contributed by atoms with Crippen molar-refractivity contribution in [2.24, 2.45) is 0 Å². The van der Waals surface area contributed by atoms with E-state index in [0.717, 1.165) is 12.3 Å². The van der Waals surface area contributed by atoms with E-state index in [1.54, 1.807) is 13.1 Å². The Morgan fingerprint density at radius 3 is 2.57 bits per heavy atom. The Labute approximate surface area is 136 Å². The Balaban J connectivity index is 2.31. The molecule has 0 radical (unpaired) electrons. The van der Waals surface area contributed by atoms with Crippen LogP contribution in [0.3, 0.4) is 0 Å². The molecule has 0 spiro atoms. The van der Waals surface area contributed by atoms with E-state index in [4.69, 9.17) is 12.2 Å². The van der Waals surface area contributed by atoms with Gasteiger partial charge < -0.3 is 0 Å². The minimum atomic E-state index is -4.51. The van der Waals surface area contributed by atoms with Crippen molar-refractivity contribution in [1.29, 1.82) is 0 Å². The highest BCUT2D eigenvalue weighted by Gasteiger charge is 2.32. The molecule has 0 bridgehead atoms. The molecule has 23 heavy (non-hydrogen) atoms. The van der Waals surface area contributed by atoms with Crippen LogP contribution in [0, 0.1) is 0 Å². The van der Waals surface area contributed by atoms with Crippen LogP contribution in [0.4, 0.5) is 13.2 Å². The van der Waals surface area contributed by atoms with Gasteiger partial charge in [-0.2, -0.15) is 13.2 Å². The number of halogens is 3. The van der Waals surface area contributed by atoms with Gasteiger partial charge in [-0.1, -0.05) is 6.07 Å². The number of nitrogens with one attached hydrogen (secondary N) is 1. The van der Waals surface area contributed by atoms with Gasteiger partial charge in [0.15, 0.2) is 5.11 Å². The molecule has 0 saturated carbocycles. The molecule has 10 heteroatoms. The Morgan fingerprint density at radius 2 is 2.09 bits per heavy atom. The van der Waals surface area contributed by atoms with Gasteiger partial charge in [-0.25, -0.2) is 9.19 Å². The van der Waals surface area contributed by atoms with Gasteiger partial charge in [0.2, 0.25) is 0 Å². The Kier molecular flexibility index (Phi) is 4.76. The van der Waals surface area contributed by atoms with Gasteiger partial charge in [0, 0.05) is 35.3 Å². The maximum atomic E-state index is 12.8. The lowest BCUT2D eigenvalue weighted by Crippen LogP contribution is -2.36. The minimum Gasteiger partial charge on any atom is -0.289 e. The van der Waals surface area contributed by atoms with Crippen molar-refractivity contribution in [2.75, 3.05) is 6.26 Å². The van der Waals surface area contributed by atoms with Gasteiger partial charge in [0.05, 0.1) is 9.71 Å². The first-order valence-electron chi connectivity index (χ1n) is 6.28. The molecule has 1 atom stereocenters. The monoisotopic (exact) mass is 362 g/mol. The van der Waals surface area contributed by atoms with Crippen LogP contribution in [0.1, 0.15) is 18.2 Å². The van der Waals surface area contributed by atoms with Crippen LogP contribution < -0.4 is 4.72 Å². The van der Waals surface area contributed by atoms with Crippen molar-refractivity contribution in [3.05, 3.63) is 48.3 Å². The quantitative estimate of drug-likeness (QED) is 0.657. The van der Waals surface area contributed by atoms with E-state index in [9.17, 15) is 17.4 Å². The first kappa shape index (κ1) is 17.4. The highest BCUT2D eigenvalue weighted by molar-refractivity contribution is 8.01. The number of nitrogens with zero attached hydrogens (tertiary/aromatic N) is 3. The summed E-state index contributed by atoms with van der Waals surface area (Å²) in [5.41, 5.74) is -0.662. The lowest BCUT2D eigenvalue weighted by Gasteiger charge is -2.15. The summed E-state index contributed by atoms with van der Waals surface area (Å²) in [5, 5.41) is 0.175. The second kappa shape index (κ2) is 6.28. The first-order valence-corrected chi connectivity index (χ1v) is 8.65. The number of alkyl halides is 3. The van der Waals surface area contributed by atoms with E-state index in [1.165, 1.54) is 29.4 Å². The fourth-order valence-electron chi connectivity index (χ4n) is 1.67. The van der Waals surface area contributed by atoms with Crippen LogP contribution in [0.25, 0.3) is 0 Å². The topological polar surface area (TPSA) is 59.8 Å². The third kappa shape index (κ3) is 4.08. The molecule has 0 aromatic carbocycles. The number of rotatable bonds is 2. The number of aromatic nitrogens is 3. The zero-order chi connectivity index (χ0) is 17.3. The molecule has 0 aliphatic heterocycles. The van der Waals surface area contributed by atoms with Crippen molar-refractivity contribution in [1.82, 2.24) is 19.3 Å². The van der Waals surface area contributed by atoms with E-state index in [2.05, 4.69) is 14.7 Å². The minimum absolute atomic E-state index is 0.175. The molecule has 2 rings (SSSR count). The standard InChI is InChI=1S/C13H13F3N4OS2/c1-9(10-3-4-11(18-7-10)13(14,15)16)23(2,21)19-12(22)20-6-5-17-8-20/h3-8H,1-2H3,(H,19,21,22). The van der Waals surface area contributed by atoms with E-state index < -0.39 is 21.6 Å². The smallest absolute Gasteiger partial charge is 0.289 e. The van der Waals surface area contributed by atoms with Crippen LogP contribution in [-0.4, -0.2) is 35.0 Å². The summed E-state index contributed by atoms with van der Waals surface area (Å²) in [7, 11) is -2.78. The molecular formula is C13H13F3N4OS2. The average Bonchev–Trinajstić information content (AvgIpc) is 2.99. The summed E-state index contributed by atoms with van der Waals surface area (Å²) in [6.07, 6.45) is 2.50. The maximum absolute atomic E-state index is 12.8. The lowest BCUT2D eigenvalue weighted by atomic mass is 10.2. The molecule has 124 valence electrons. The van der Waals surface area contributed by atoms with Crippen LogP contribution in [0.15, 0.2) is 37.1 Å². The molecule has 0 aliphatic rings. The Morgan fingerprint density at radius 1 is 1.39 bits per heavy atom. The van der Waals surface area contributed by atoms with Crippen molar-refractivity contribution < 1.29 is 17.4 Å². The zero-order valence-electron chi connectivity index (χ0n) is 12.2. The van der Waals surface area contributed by atoms with E-state index >= 15 is 0 Å². The van der Waals surface area contributed by atoms with Gasteiger partial charge in [-0.15, -0.1) is 0 Å². The Hall–Kier alpha value is -1.94. The van der Waals surface area contributed by atoms with Crippen molar-refractivity contribution >= 4 is 31.9 Å². The van der Waals surface area contributed by atoms with Gasteiger partial charge >= 0.3 is 6.18 Å². The molecule has 1 unspecified atom stereocenters. The summed E-state index contributed by atoms with van der Waals surface area (Å²) in [5.74, 6) is 0. The predicted molar refractivity (Wildman–Crippen MR) is 86.4 cm³/mol. The van der Waals surface area contributed by atoms with Gasteiger partial charge in [-0.05, 0) is 25.2 Å². The van der Waals surface area contributed by atoms with E-state index in [0.29, 0.717) is 10.4 Å². The number of hydrogen-bond donors (Lipinski definition) is 1. The first-order chi connectivity index (χ1) is 10.6. The van der Waals surface area contributed by atoms with Crippen LogP contribution >= 0.6 is 12.2 Å². The molecule has 5 nitrogen and oxygen atoms in total. The van der Waals surface area contributed by atoms with Crippen molar-refractivity contribution in [3.63, 3.8) is 0 Å². The second-order valence-corrected chi connectivity index (χ2v) is 7.60. The third-order valence-corrected chi connectivity index (χ3v) is 5.49. The molecule has 1 N–H and O–H groups in total. The second-order valence-electron chi connectivity index (χ2n) is 4.71. The number of hydrogen-bond acceptors (Lipinski definition) is 4. The molecule has 0 saturated heterocycles. The van der Waals surface area contributed by atoms with E-state index in [-0.39, 0.29) is 5.11 Å². The summed E-state index contributed by atoms with van der Waals surface area (Å²) < 4.78 is 54.5. The van der Waals surface area contributed by atoms with Crippen LogP contribution in [-0.2, 0) is 15.9 Å². The highest BCUT2D eigenvalue weighted by Crippen LogP contribution is 2.27. The predicted octanol–water partition coefficient (Wildman–Crippen LogP) is 2.09. The van der Waals surface area contributed by atoms with Gasteiger partial charge in [-0.3, -0.25) is 14.3 Å². The lowest BCUT2D eigenvalue weighted by molar-refractivity contribution is -0.141. The number of pyridine rings is 1. The summed E-state index contributed by atoms with van der Waals surface area (Å²) >= 11 is 5.12. The van der Waals surface area contributed by atoms with Crippen molar-refractivity contribution in [3.8, 4) is 0 Å². The van der Waals surface area contributed by atoms with Gasteiger partial charge in [0.25, 0.3) is 0 Å². The molecule has 0 fully saturated rings. The number of thiocarbonyl (C=S) groups is 1. The normalized spacial score (nSPS) is 14.1. The molecule has 0 amide bonds. The maximum Gasteiger partial charge on any atom is 0.433 e. The fourth-order valence-corrected chi connectivity index (χ4v) is 3.42. The van der Waals surface area contributed by atoms with Crippen LogP contribution in [0.5, 0.6) is 0 Å². The van der Waals surface area contributed by atoms with Crippen molar-refractivity contribution in [2.45, 2.75) is 13.1 Å². The number of imidazole rings is 1. The average molecular weight is 362 g/mol. The molecule has 2 aromatic rings. The summed E-state index contributed by atoms with van der Waals surface area (Å²) in [6.45, 7) is 1.55. The fraction of sp³-hybridized carbons (Fsp3) is 0.231. The largest absolute Gasteiger partial charge is 0.433 e. The molecule has 0 aliphatic carbocycles. The SMILES string of the molecule is CC(c1ccc(C(F)(F)F)nc1)=S(C)(=O)NC(=S)n1ccnc1. The highest BCUT2D eigenvalue weighted by atomic mass is 32.2. The molecule has 2 aromatic heterocycles. The zero-order valence-corrected chi connectivity index (χ0v) is 13.8. The third-order valence-electron chi connectivity index (χ3n) is 3.07. The van der Waals surface area contributed by atoms with E-state index in [1.807, 2.05) is 0 Å². The summed E-state index contributed by atoms with van der Waals surface area (Å²) in [6, 6.07) is 2.08.